The number of ether oxygens (including phenoxy) is 1. The van der Waals surface area contributed by atoms with Gasteiger partial charge in [0.15, 0.2) is 0 Å². The van der Waals surface area contributed by atoms with Gasteiger partial charge in [-0.25, -0.2) is 0 Å². The van der Waals surface area contributed by atoms with E-state index < -0.39 is 12.1 Å². The Morgan fingerprint density at radius 3 is 2.84 bits per heavy atom. The van der Waals surface area contributed by atoms with E-state index in [0.717, 1.165) is 16.8 Å². The molecule has 1 aliphatic rings. The van der Waals surface area contributed by atoms with Crippen LogP contribution in [0.25, 0.3) is 0 Å². The van der Waals surface area contributed by atoms with Crippen molar-refractivity contribution < 1.29 is 19.4 Å². The first-order valence-corrected chi connectivity index (χ1v) is 6.21. The molecule has 1 unspecified atom stereocenters. The van der Waals surface area contributed by atoms with E-state index in [9.17, 15) is 9.59 Å². The zero-order chi connectivity index (χ0) is 14.0. The third-order valence-corrected chi connectivity index (χ3v) is 3.18. The van der Waals surface area contributed by atoms with Crippen molar-refractivity contribution in [3.8, 4) is 0 Å². The van der Waals surface area contributed by atoms with Crippen LogP contribution in [0, 0.1) is 13.8 Å². The van der Waals surface area contributed by atoms with Gasteiger partial charge in [-0.3, -0.25) is 9.59 Å². The molecule has 0 spiro atoms. The summed E-state index contributed by atoms with van der Waals surface area (Å²) < 4.78 is 5.24. The number of hydrogen-bond acceptors (Lipinski definition) is 3. The zero-order valence-corrected chi connectivity index (χ0v) is 11.0. The molecule has 0 bridgehead atoms. The van der Waals surface area contributed by atoms with Crippen molar-refractivity contribution in [3.63, 3.8) is 0 Å². The van der Waals surface area contributed by atoms with Gasteiger partial charge in [0.05, 0.1) is 13.0 Å². The molecular weight excluding hydrogens is 246 g/mol. The molecule has 0 aliphatic carbocycles. The monoisotopic (exact) mass is 263 g/mol. The summed E-state index contributed by atoms with van der Waals surface area (Å²) in [5, 5.41) is 8.78. The number of amides is 1. The topological polar surface area (TPSA) is 66.8 Å². The number of aryl methyl sites for hydroxylation is 2. The average Bonchev–Trinajstić information content (AvgIpc) is 2.32. The average molecular weight is 263 g/mol. The van der Waals surface area contributed by atoms with Gasteiger partial charge in [-0.05, 0) is 25.5 Å². The van der Waals surface area contributed by atoms with E-state index >= 15 is 0 Å². The van der Waals surface area contributed by atoms with Gasteiger partial charge in [0, 0.05) is 12.2 Å². The van der Waals surface area contributed by atoms with Gasteiger partial charge in [-0.15, -0.1) is 0 Å². The van der Waals surface area contributed by atoms with Gasteiger partial charge in [0.1, 0.15) is 6.10 Å². The van der Waals surface area contributed by atoms with E-state index in [1.807, 2.05) is 32.0 Å². The van der Waals surface area contributed by atoms with E-state index in [2.05, 4.69) is 0 Å². The Balaban J connectivity index is 2.24. The van der Waals surface area contributed by atoms with E-state index in [0.29, 0.717) is 13.2 Å². The molecule has 1 aliphatic heterocycles. The molecule has 0 aromatic heterocycles. The van der Waals surface area contributed by atoms with Gasteiger partial charge in [0.2, 0.25) is 0 Å². The van der Waals surface area contributed by atoms with E-state index in [1.54, 1.807) is 4.90 Å². The van der Waals surface area contributed by atoms with Gasteiger partial charge in [-0.2, -0.15) is 0 Å². The number of rotatable bonds is 3. The lowest BCUT2D eigenvalue weighted by Gasteiger charge is -2.32. The first-order chi connectivity index (χ1) is 8.99. The minimum atomic E-state index is -1.03. The number of aliphatic carboxylic acids is 1. The van der Waals surface area contributed by atoms with Gasteiger partial charge in [0.25, 0.3) is 5.91 Å². The first kappa shape index (κ1) is 13.5. The lowest BCUT2D eigenvalue weighted by Crippen LogP contribution is -2.48. The lowest BCUT2D eigenvalue weighted by molar-refractivity contribution is -0.147. The predicted octanol–water partition coefficient (Wildman–Crippen LogP) is 1.51. The van der Waals surface area contributed by atoms with Crippen LogP contribution < -0.4 is 4.90 Å². The summed E-state index contributed by atoms with van der Waals surface area (Å²) in [5.41, 5.74) is 2.96. The largest absolute Gasteiger partial charge is 0.481 e. The molecule has 1 amide bonds. The molecule has 1 heterocycles. The number of carbonyl (C=O) groups excluding carboxylic acids is 1. The fourth-order valence-corrected chi connectivity index (χ4v) is 2.29. The maximum atomic E-state index is 12.2. The van der Waals surface area contributed by atoms with Crippen LogP contribution in [0.5, 0.6) is 0 Å². The van der Waals surface area contributed by atoms with Crippen molar-refractivity contribution in [2.24, 2.45) is 0 Å². The Bertz CT molecular complexity index is 512. The molecule has 102 valence electrons. The second kappa shape index (κ2) is 5.40. The number of carboxylic acids is 1. The number of carboxylic acid groups (broad SMARTS) is 1. The fourth-order valence-electron chi connectivity index (χ4n) is 2.29. The smallest absolute Gasteiger partial charge is 0.306 e. The highest BCUT2D eigenvalue weighted by atomic mass is 16.5. The number of hydrogen-bond donors (Lipinski definition) is 1. The van der Waals surface area contributed by atoms with E-state index in [4.69, 9.17) is 9.84 Å². The summed E-state index contributed by atoms with van der Waals surface area (Å²) in [4.78, 5) is 24.6. The van der Waals surface area contributed by atoms with Crippen LogP contribution in [0.4, 0.5) is 5.69 Å². The zero-order valence-electron chi connectivity index (χ0n) is 11.0. The third-order valence-electron chi connectivity index (χ3n) is 3.18. The quantitative estimate of drug-likeness (QED) is 0.897. The molecule has 0 saturated carbocycles. The minimum Gasteiger partial charge on any atom is -0.481 e. The molecular formula is C14H17NO4. The van der Waals surface area contributed by atoms with Crippen LogP contribution in [0.2, 0.25) is 0 Å². The molecule has 0 radical (unpaired) electrons. The van der Waals surface area contributed by atoms with E-state index in [1.165, 1.54) is 0 Å². The van der Waals surface area contributed by atoms with Gasteiger partial charge in [-0.1, -0.05) is 17.7 Å². The van der Waals surface area contributed by atoms with Crippen molar-refractivity contribution in [1.29, 1.82) is 0 Å². The van der Waals surface area contributed by atoms with Crippen molar-refractivity contribution in [3.05, 3.63) is 29.3 Å². The molecule has 1 atom stereocenters. The number of benzene rings is 1. The Kier molecular flexibility index (Phi) is 3.85. The molecule has 1 aromatic rings. The maximum Gasteiger partial charge on any atom is 0.306 e. The Morgan fingerprint density at radius 2 is 2.21 bits per heavy atom. The molecule has 19 heavy (non-hydrogen) atoms. The summed E-state index contributed by atoms with van der Waals surface area (Å²) in [6, 6.07) is 5.84. The van der Waals surface area contributed by atoms with Crippen LogP contribution in [0.15, 0.2) is 18.2 Å². The standard InChI is InChI=1S/C14H17NO4/c1-9-3-4-11(10(2)7-9)15-5-6-19-12(14(15)18)8-13(16)17/h3-4,7,12H,5-6,8H2,1-2H3,(H,16,17). The van der Waals surface area contributed by atoms with Crippen molar-refractivity contribution >= 4 is 17.6 Å². The van der Waals surface area contributed by atoms with Crippen LogP contribution in [-0.2, 0) is 14.3 Å². The van der Waals surface area contributed by atoms with Gasteiger partial charge >= 0.3 is 5.97 Å². The van der Waals surface area contributed by atoms with Crippen LogP contribution >= 0.6 is 0 Å². The number of carbonyl (C=O) groups is 2. The third kappa shape index (κ3) is 2.93. The highest BCUT2D eigenvalue weighted by molar-refractivity contribution is 5.99. The maximum absolute atomic E-state index is 12.2. The van der Waals surface area contributed by atoms with Crippen LogP contribution in [-0.4, -0.2) is 36.2 Å². The molecule has 1 aromatic carbocycles. The number of morpholine rings is 1. The molecule has 1 fully saturated rings. The van der Waals surface area contributed by atoms with Crippen LogP contribution in [0.1, 0.15) is 17.5 Å². The second-order valence-corrected chi connectivity index (χ2v) is 4.74. The minimum absolute atomic E-state index is 0.277. The summed E-state index contributed by atoms with van der Waals surface area (Å²) in [6.45, 7) is 4.75. The highest BCUT2D eigenvalue weighted by Crippen LogP contribution is 2.24. The lowest BCUT2D eigenvalue weighted by atomic mass is 10.1. The SMILES string of the molecule is Cc1ccc(N2CCOC(CC(=O)O)C2=O)c(C)c1. The number of nitrogens with zero attached hydrogens (tertiary/aromatic N) is 1. The molecule has 5 heteroatoms. The predicted molar refractivity (Wildman–Crippen MR) is 70.3 cm³/mol. The van der Waals surface area contributed by atoms with Crippen molar-refractivity contribution in [1.82, 2.24) is 0 Å². The summed E-state index contributed by atoms with van der Waals surface area (Å²) in [6.07, 6.45) is -1.17. The van der Waals surface area contributed by atoms with Crippen molar-refractivity contribution in [2.75, 3.05) is 18.1 Å². The molecule has 2 rings (SSSR count). The number of anilines is 1. The van der Waals surface area contributed by atoms with Gasteiger partial charge < -0.3 is 14.7 Å². The fraction of sp³-hybridized carbons (Fsp3) is 0.429. The molecule has 5 nitrogen and oxygen atoms in total. The normalized spacial score (nSPS) is 19.6. The van der Waals surface area contributed by atoms with E-state index in [-0.39, 0.29) is 12.3 Å². The highest BCUT2D eigenvalue weighted by Gasteiger charge is 2.32. The van der Waals surface area contributed by atoms with Crippen molar-refractivity contribution in [2.45, 2.75) is 26.4 Å². The molecule has 1 saturated heterocycles. The Hall–Kier alpha value is -1.88. The first-order valence-electron chi connectivity index (χ1n) is 6.21. The summed E-state index contributed by atoms with van der Waals surface area (Å²) in [5.74, 6) is -1.30. The summed E-state index contributed by atoms with van der Waals surface area (Å²) >= 11 is 0. The Labute approximate surface area is 111 Å². The summed E-state index contributed by atoms with van der Waals surface area (Å²) in [7, 11) is 0. The molecule has 1 N–H and O–H groups in total. The Morgan fingerprint density at radius 1 is 1.47 bits per heavy atom. The second-order valence-electron chi connectivity index (χ2n) is 4.74. The van der Waals surface area contributed by atoms with Crippen LogP contribution in [0.3, 0.4) is 0 Å².